The van der Waals surface area contributed by atoms with Crippen LogP contribution in [0, 0.1) is 6.92 Å². The number of carbonyl (C=O) groups excluding carboxylic acids is 3. The third-order valence-electron chi connectivity index (χ3n) is 17.1. The van der Waals surface area contributed by atoms with Gasteiger partial charge in [0.2, 0.25) is 12.0 Å². The Hall–Kier alpha value is -7.26. The van der Waals surface area contributed by atoms with Crippen LogP contribution in [0.25, 0.3) is 32.7 Å². The van der Waals surface area contributed by atoms with Gasteiger partial charge in [-0.05, 0) is 113 Å². The van der Waals surface area contributed by atoms with Crippen LogP contribution in [0.1, 0.15) is 135 Å². The first-order valence-corrected chi connectivity index (χ1v) is 29.2. The number of rotatable bonds is 23. The molecule has 0 aromatic heterocycles. The standard InChI is InChI=1S/C69H80N4O9/c1-44-39-47(33-36-57(44)81-67-64(78)63(77)62(76)58(43-74)82-67)48-40-49(65(79)70-6)42-50(41-48)66(80)71-37-21-10-8-9-13-25-51(75)26-14-12-22-38-73-59(68(2,3)55-35-32-46-24-18-20-28-53(46)61(55)73)30-16-11-15-29-56-54-34-31-45-23-17-19-27-52(45)60(54)69(4,5)72(56)7/h11,15-20,23-24,27-36,39-42,58,62-64,67,74,76-78H,8-10,12-14,21-22,25-26,37-38,43H2,1-7H3,(H-,70,71,79,80)/p+1. The predicted octanol–water partition coefficient (Wildman–Crippen LogP) is 10.9. The normalized spacial score (nSPS) is 20.5. The number of ether oxygens (including phenoxy) is 2. The van der Waals surface area contributed by atoms with Crippen LogP contribution in [0.5, 0.6) is 5.75 Å². The van der Waals surface area contributed by atoms with Crippen molar-refractivity contribution in [3.05, 3.63) is 179 Å². The molecule has 5 atom stereocenters. The van der Waals surface area contributed by atoms with Crippen LogP contribution >= 0.6 is 0 Å². The van der Waals surface area contributed by atoms with E-state index in [0.29, 0.717) is 58.7 Å². The zero-order valence-electron chi connectivity index (χ0n) is 48.6. The molecule has 0 aliphatic carbocycles. The van der Waals surface area contributed by atoms with Crippen molar-refractivity contribution < 1.29 is 48.9 Å². The molecule has 3 aliphatic heterocycles. The Bertz CT molecular complexity index is 3460. The summed E-state index contributed by atoms with van der Waals surface area (Å²) >= 11 is 0. The molecule has 3 heterocycles. The molecule has 6 aromatic carbocycles. The summed E-state index contributed by atoms with van der Waals surface area (Å²) in [7, 11) is 3.72. The predicted molar refractivity (Wildman–Crippen MR) is 326 cm³/mol. The molecular weight excluding hydrogens is 1030 g/mol. The summed E-state index contributed by atoms with van der Waals surface area (Å²) in [5.41, 5.74) is 10.0. The van der Waals surface area contributed by atoms with Gasteiger partial charge in [-0.3, -0.25) is 14.4 Å². The summed E-state index contributed by atoms with van der Waals surface area (Å²) in [6.45, 7) is 11.8. The summed E-state index contributed by atoms with van der Waals surface area (Å²) in [4.78, 5) is 41.9. The lowest BCUT2D eigenvalue weighted by Crippen LogP contribution is -2.60. The second-order valence-electron chi connectivity index (χ2n) is 23.3. The zero-order valence-corrected chi connectivity index (χ0v) is 48.6. The highest BCUT2D eigenvalue weighted by Gasteiger charge is 2.46. The number of fused-ring (bicyclic) bond motifs is 6. The van der Waals surface area contributed by atoms with Crippen molar-refractivity contribution in [1.82, 2.24) is 10.6 Å². The average molecular weight is 1110 g/mol. The number of allylic oxidation sites excluding steroid dienone is 6. The van der Waals surface area contributed by atoms with Gasteiger partial charge in [-0.2, -0.15) is 0 Å². The maximum atomic E-state index is 13.5. The fourth-order valence-electron chi connectivity index (χ4n) is 12.2. The maximum Gasteiger partial charge on any atom is 0.251 e. The molecule has 13 nitrogen and oxygen atoms in total. The monoisotopic (exact) mass is 1110 g/mol. The molecule has 1 saturated heterocycles. The molecule has 430 valence electrons. The van der Waals surface area contributed by atoms with Crippen molar-refractivity contribution in [2.75, 3.05) is 38.7 Å². The molecular formula is C69H81N4O9+. The smallest absolute Gasteiger partial charge is 0.251 e. The van der Waals surface area contributed by atoms with E-state index in [9.17, 15) is 34.8 Å². The molecule has 1 fully saturated rings. The van der Waals surface area contributed by atoms with Gasteiger partial charge in [-0.25, -0.2) is 4.58 Å². The van der Waals surface area contributed by atoms with Gasteiger partial charge >= 0.3 is 0 Å². The lowest BCUT2D eigenvalue weighted by Gasteiger charge is -2.39. The zero-order chi connectivity index (χ0) is 58.3. The highest BCUT2D eigenvalue weighted by molar-refractivity contribution is 6.11. The number of carbonyl (C=O) groups is 3. The van der Waals surface area contributed by atoms with Gasteiger partial charge in [0.25, 0.3) is 11.8 Å². The minimum Gasteiger partial charge on any atom is -0.462 e. The van der Waals surface area contributed by atoms with Crippen LogP contribution < -0.4 is 20.3 Å². The van der Waals surface area contributed by atoms with E-state index in [-0.39, 0.29) is 22.8 Å². The van der Waals surface area contributed by atoms with Gasteiger partial charge in [-0.15, -0.1) is 0 Å². The second kappa shape index (κ2) is 25.9. The van der Waals surface area contributed by atoms with Crippen molar-refractivity contribution in [2.24, 2.45) is 0 Å². The summed E-state index contributed by atoms with van der Waals surface area (Å²) < 4.78 is 13.8. The first-order chi connectivity index (χ1) is 39.4. The molecule has 9 rings (SSSR count). The number of unbranched alkanes of at least 4 members (excludes halogenated alkanes) is 6. The maximum absolute atomic E-state index is 13.5. The summed E-state index contributed by atoms with van der Waals surface area (Å²) in [5, 5.41) is 51.1. The summed E-state index contributed by atoms with van der Waals surface area (Å²) in [5.74, 6) is 0.00501. The highest BCUT2D eigenvalue weighted by Crippen LogP contribution is 2.51. The third-order valence-corrected chi connectivity index (χ3v) is 17.1. The molecule has 82 heavy (non-hydrogen) atoms. The van der Waals surface area contributed by atoms with E-state index in [1.54, 1.807) is 43.3 Å². The molecule has 0 spiro atoms. The topological polar surface area (TPSA) is 181 Å². The van der Waals surface area contributed by atoms with Crippen LogP contribution in [-0.2, 0) is 20.5 Å². The molecule has 3 aliphatic rings. The number of benzene rings is 6. The number of aliphatic hydroxyl groups is 4. The second-order valence-corrected chi connectivity index (χ2v) is 23.3. The Kier molecular flexibility index (Phi) is 18.7. The lowest BCUT2D eigenvalue weighted by atomic mass is 9.83. The van der Waals surface area contributed by atoms with Gasteiger partial charge in [0, 0.05) is 86.1 Å². The van der Waals surface area contributed by atoms with E-state index in [2.05, 4.69) is 158 Å². The molecule has 0 saturated carbocycles. The van der Waals surface area contributed by atoms with Crippen molar-refractivity contribution >= 4 is 50.5 Å². The average Bonchev–Trinajstić information content (AvgIpc) is 3.14. The molecule has 0 bridgehead atoms. The fourth-order valence-corrected chi connectivity index (χ4v) is 12.2. The molecule has 13 heteroatoms. The number of amides is 2. The van der Waals surface area contributed by atoms with Gasteiger partial charge in [0.15, 0.2) is 5.54 Å². The first kappa shape index (κ1) is 59.4. The van der Waals surface area contributed by atoms with E-state index >= 15 is 0 Å². The first-order valence-electron chi connectivity index (χ1n) is 29.2. The van der Waals surface area contributed by atoms with Crippen LogP contribution in [0.15, 0.2) is 145 Å². The molecule has 6 aromatic rings. The Morgan fingerprint density at radius 1 is 0.707 bits per heavy atom. The minimum absolute atomic E-state index is 0.138. The van der Waals surface area contributed by atoms with Crippen LogP contribution in [-0.4, -0.2) is 113 Å². The Balaban J connectivity index is 0.723. The number of hydrogen-bond acceptors (Lipinski definition) is 10. The van der Waals surface area contributed by atoms with Crippen molar-refractivity contribution in [1.29, 1.82) is 0 Å². The number of hydrogen-bond donors (Lipinski definition) is 6. The van der Waals surface area contributed by atoms with Crippen molar-refractivity contribution in [2.45, 2.75) is 140 Å². The minimum atomic E-state index is -1.58. The van der Waals surface area contributed by atoms with Gasteiger partial charge in [0.1, 0.15) is 43.0 Å². The van der Waals surface area contributed by atoms with E-state index in [0.717, 1.165) is 57.9 Å². The Morgan fingerprint density at radius 3 is 2.09 bits per heavy atom. The van der Waals surface area contributed by atoms with E-state index in [4.69, 9.17) is 9.47 Å². The largest absolute Gasteiger partial charge is 0.462 e. The Morgan fingerprint density at radius 2 is 1.37 bits per heavy atom. The van der Waals surface area contributed by atoms with Crippen molar-refractivity contribution in [3.8, 4) is 16.9 Å². The SMILES string of the molecule is CNC(=O)c1cc(C(=O)NCCCCCCCC(=O)CCCCCN2C(=CC=CC=CC3=[N+](C)C(C)(C)c4c3ccc3ccccc43)C(C)(C)c3ccc4ccccc4c32)cc(-c2ccc(OC3OC(CO)C(O)C(O)C3O)c(C)c2)c1. The summed E-state index contributed by atoms with van der Waals surface area (Å²) in [6.07, 6.45) is 12.4. The number of aryl methyl sites for hydroxylation is 1. The highest BCUT2D eigenvalue weighted by atomic mass is 16.7. The van der Waals surface area contributed by atoms with Crippen LogP contribution in [0.2, 0.25) is 0 Å². The number of nitrogens with one attached hydrogen (secondary N) is 2. The van der Waals surface area contributed by atoms with E-state index in [1.807, 2.05) is 0 Å². The number of anilines is 1. The van der Waals surface area contributed by atoms with Crippen LogP contribution in [0.4, 0.5) is 5.69 Å². The number of Topliss-reactive ketones (excluding diaryl/α,β-unsaturated/α-hetero) is 1. The molecule has 6 N–H and O–H groups in total. The number of aliphatic hydroxyl groups excluding tert-OH is 4. The number of nitrogens with zero attached hydrogens (tertiary/aromatic N) is 2. The van der Waals surface area contributed by atoms with Gasteiger partial charge in [0.05, 0.1) is 17.9 Å². The van der Waals surface area contributed by atoms with Crippen molar-refractivity contribution in [3.63, 3.8) is 0 Å². The molecule has 5 unspecified atom stereocenters. The van der Waals surface area contributed by atoms with E-state index < -0.39 is 37.3 Å². The summed E-state index contributed by atoms with van der Waals surface area (Å²) in [6, 6.07) is 36.6. The fraction of sp³-hybridized carbons (Fsp3) is 0.391. The molecule has 0 radical (unpaired) electrons. The quantitative estimate of drug-likeness (QED) is 0.0205. The number of ketones is 1. The van der Waals surface area contributed by atoms with Gasteiger partial charge in [-0.1, -0.05) is 131 Å². The van der Waals surface area contributed by atoms with Gasteiger partial charge < -0.3 is 45.4 Å². The van der Waals surface area contributed by atoms with E-state index in [1.165, 1.54) is 62.4 Å². The lowest BCUT2D eigenvalue weighted by molar-refractivity contribution is -0.577. The van der Waals surface area contributed by atoms with Crippen LogP contribution in [0.3, 0.4) is 0 Å². The third kappa shape index (κ3) is 12.5. The molecule has 2 amide bonds. The Labute approximate surface area is 482 Å².